The zero-order valence-corrected chi connectivity index (χ0v) is 11.2. The van der Waals surface area contributed by atoms with E-state index in [0.717, 1.165) is 4.68 Å². The molecule has 0 spiro atoms. The number of carboxylic acids is 1. The minimum Gasteiger partial charge on any atom is -0.508 e. The fourth-order valence-electron chi connectivity index (χ4n) is 1.71. The lowest BCUT2D eigenvalue weighted by atomic mass is 10.2. The number of ether oxygens (including phenoxy) is 1. The number of aromatic nitrogens is 2. The van der Waals surface area contributed by atoms with Crippen LogP contribution in [-0.2, 0) is 4.74 Å². The van der Waals surface area contributed by atoms with Gasteiger partial charge in [0.1, 0.15) is 11.4 Å². The summed E-state index contributed by atoms with van der Waals surface area (Å²) >= 11 is 0. The summed E-state index contributed by atoms with van der Waals surface area (Å²) in [5.74, 6) is -1.40. The number of carbonyl (C=O) groups excluding carboxylic acids is 1. The number of carboxylic acid groups (broad SMARTS) is 1. The van der Waals surface area contributed by atoms with Gasteiger partial charge in [-0.1, -0.05) is 0 Å². The number of fused-ring (bicyclic) bond motifs is 1. The number of benzene rings is 1. The average Bonchev–Trinajstić information content (AvgIpc) is 2.65. The van der Waals surface area contributed by atoms with Crippen LogP contribution in [0.4, 0.5) is 4.79 Å². The second-order valence-electron chi connectivity index (χ2n) is 5.25. The van der Waals surface area contributed by atoms with E-state index in [1.54, 1.807) is 20.8 Å². The molecule has 0 bridgehead atoms. The molecule has 20 heavy (non-hydrogen) atoms. The molecule has 2 rings (SSSR count). The van der Waals surface area contributed by atoms with Crippen molar-refractivity contribution in [2.24, 2.45) is 0 Å². The van der Waals surface area contributed by atoms with Gasteiger partial charge in [0.2, 0.25) is 0 Å². The van der Waals surface area contributed by atoms with Gasteiger partial charge in [0.25, 0.3) is 0 Å². The van der Waals surface area contributed by atoms with Gasteiger partial charge in [0.05, 0.1) is 5.52 Å². The molecule has 106 valence electrons. The molecule has 2 N–H and O–H groups in total. The SMILES string of the molecule is CC(C)(C)OC(=O)n1nc(C(=O)O)c2cc(O)ccc21. The van der Waals surface area contributed by atoms with E-state index >= 15 is 0 Å². The zero-order chi connectivity index (χ0) is 15.1. The van der Waals surface area contributed by atoms with E-state index in [1.807, 2.05) is 0 Å². The van der Waals surface area contributed by atoms with E-state index in [0.29, 0.717) is 0 Å². The van der Waals surface area contributed by atoms with Crippen LogP contribution < -0.4 is 0 Å². The van der Waals surface area contributed by atoms with Gasteiger partial charge in [-0.25, -0.2) is 9.59 Å². The average molecular weight is 278 g/mol. The molecular weight excluding hydrogens is 264 g/mol. The van der Waals surface area contributed by atoms with Crippen molar-refractivity contribution >= 4 is 23.0 Å². The molecule has 1 aromatic heterocycles. The maximum absolute atomic E-state index is 12.0. The molecule has 0 saturated carbocycles. The number of nitrogens with zero attached hydrogens (tertiary/aromatic N) is 2. The summed E-state index contributed by atoms with van der Waals surface area (Å²) in [7, 11) is 0. The van der Waals surface area contributed by atoms with E-state index < -0.39 is 17.7 Å². The number of aromatic carboxylic acids is 1. The van der Waals surface area contributed by atoms with Crippen LogP contribution in [0.25, 0.3) is 10.9 Å². The van der Waals surface area contributed by atoms with Crippen LogP contribution in [0.5, 0.6) is 5.75 Å². The Morgan fingerprint density at radius 1 is 1.30 bits per heavy atom. The number of hydrogen-bond acceptors (Lipinski definition) is 5. The molecule has 0 unspecified atom stereocenters. The Morgan fingerprint density at radius 3 is 2.50 bits per heavy atom. The lowest BCUT2D eigenvalue weighted by molar-refractivity contribution is 0.0521. The molecule has 0 saturated heterocycles. The van der Waals surface area contributed by atoms with Crippen LogP contribution in [0.1, 0.15) is 31.3 Å². The number of carbonyl (C=O) groups is 2. The highest BCUT2D eigenvalue weighted by Gasteiger charge is 2.24. The molecule has 0 amide bonds. The molecule has 0 aliphatic carbocycles. The summed E-state index contributed by atoms with van der Waals surface area (Å²) in [5, 5.41) is 22.4. The summed E-state index contributed by atoms with van der Waals surface area (Å²) < 4.78 is 6.04. The third-order valence-corrected chi connectivity index (χ3v) is 2.43. The van der Waals surface area contributed by atoms with Gasteiger partial charge < -0.3 is 14.9 Å². The fourth-order valence-corrected chi connectivity index (χ4v) is 1.71. The van der Waals surface area contributed by atoms with Crippen LogP contribution in [0.2, 0.25) is 0 Å². The first-order valence-electron chi connectivity index (χ1n) is 5.87. The van der Waals surface area contributed by atoms with Crippen molar-refractivity contribution in [1.82, 2.24) is 9.78 Å². The van der Waals surface area contributed by atoms with Crippen molar-refractivity contribution in [3.63, 3.8) is 0 Å². The summed E-state index contributed by atoms with van der Waals surface area (Å²) in [5.41, 5.74) is -0.786. The minimum atomic E-state index is -1.29. The molecule has 0 aliphatic rings. The lowest BCUT2D eigenvalue weighted by Gasteiger charge is -2.19. The molecule has 1 aromatic carbocycles. The molecule has 1 heterocycles. The summed E-state index contributed by atoms with van der Waals surface area (Å²) in [6.07, 6.45) is -0.777. The molecule has 7 nitrogen and oxygen atoms in total. The molecule has 0 radical (unpaired) electrons. The Morgan fingerprint density at radius 2 is 1.95 bits per heavy atom. The second-order valence-corrected chi connectivity index (χ2v) is 5.25. The maximum atomic E-state index is 12.0. The van der Waals surface area contributed by atoms with Crippen molar-refractivity contribution < 1.29 is 24.5 Å². The predicted molar refractivity (Wildman–Crippen MR) is 70.0 cm³/mol. The van der Waals surface area contributed by atoms with Crippen LogP contribution in [0.15, 0.2) is 18.2 Å². The Hall–Kier alpha value is -2.57. The summed E-state index contributed by atoms with van der Waals surface area (Å²) in [6.45, 7) is 5.08. The van der Waals surface area contributed by atoms with Crippen LogP contribution >= 0.6 is 0 Å². The van der Waals surface area contributed by atoms with Crippen molar-refractivity contribution in [1.29, 1.82) is 0 Å². The molecule has 7 heteroatoms. The molecule has 0 fully saturated rings. The Bertz CT molecular complexity index is 697. The Balaban J connectivity index is 2.60. The highest BCUT2D eigenvalue weighted by atomic mass is 16.6. The van der Waals surface area contributed by atoms with Crippen molar-refractivity contribution in [3.05, 3.63) is 23.9 Å². The second kappa shape index (κ2) is 4.52. The fraction of sp³-hybridized carbons (Fsp3) is 0.308. The van der Waals surface area contributed by atoms with Crippen LogP contribution in [0, 0.1) is 0 Å². The minimum absolute atomic E-state index is 0.108. The first kappa shape index (κ1) is 13.9. The van der Waals surface area contributed by atoms with Gasteiger partial charge in [0.15, 0.2) is 5.69 Å². The summed E-state index contributed by atoms with van der Waals surface area (Å²) in [4.78, 5) is 23.2. The molecule has 2 aromatic rings. The first-order valence-corrected chi connectivity index (χ1v) is 5.87. The number of hydrogen-bond donors (Lipinski definition) is 2. The maximum Gasteiger partial charge on any atom is 0.435 e. The summed E-state index contributed by atoms with van der Waals surface area (Å²) in [6, 6.07) is 4.00. The monoisotopic (exact) mass is 278 g/mol. The smallest absolute Gasteiger partial charge is 0.435 e. The molecule has 0 aliphatic heterocycles. The van der Waals surface area contributed by atoms with Crippen LogP contribution in [0.3, 0.4) is 0 Å². The van der Waals surface area contributed by atoms with Gasteiger partial charge >= 0.3 is 12.1 Å². The first-order chi connectivity index (χ1) is 9.19. The molecular formula is C13H14N2O5. The van der Waals surface area contributed by atoms with E-state index in [9.17, 15) is 14.7 Å². The van der Waals surface area contributed by atoms with Gasteiger partial charge in [-0.2, -0.15) is 9.78 Å². The third-order valence-electron chi connectivity index (χ3n) is 2.43. The van der Waals surface area contributed by atoms with Crippen molar-refractivity contribution in [2.45, 2.75) is 26.4 Å². The highest BCUT2D eigenvalue weighted by molar-refractivity contribution is 6.03. The third kappa shape index (κ3) is 2.56. The Labute approximate surface area is 114 Å². The predicted octanol–water partition coefficient (Wildman–Crippen LogP) is 2.22. The standard InChI is InChI=1S/C13H14N2O5/c1-13(2,3)20-12(19)15-9-5-4-7(16)6-8(9)10(14-15)11(17)18/h4-6,16H,1-3H3,(H,17,18). The number of aromatic hydroxyl groups is 1. The zero-order valence-electron chi connectivity index (χ0n) is 11.2. The lowest BCUT2D eigenvalue weighted by Crippen LogP contribution is -2.27. The molecule has 0 atom stereocenters. The van der Waals surface area contributed by atoms with Gasteiger partial charge in [-0.3, -0.25) is 0 Å². The Kier molecular flexibility index (Phi) is 3.13. The van der Waals surface area contributed by atoms with Gasteiger partial charge in [-0.15, -0.1) is 0 Å². The van der Waals surface area contributed by atoms with E-state index in [1.165, 1.54) is 18.2 Å². The number of phenolic OH excluding ortho intramolecular Hbond substituents is 1. The van der Waals surface area contributed by atoms with Crippen molar-refractivity contribution in [2.75, 3.05) is 0 Å². The largest absolute Gasteiger partial charge is 0.508 e. The highest BCUT2D eigenvalue weighted by Crippen LogP contribution is 2.24. The van der Waals surface area contributed by atoms with Crippen LogP contribution in [-0.4, -0.2) is 37.7 Å². The quantitative estimate of drug-likeness (QED) is 0.829. The number of rotatable bonds is 1. The van der Waals surface area contributed by atoms with Crippen molar-refractivity contribution in [3.8, 4) is 5.75 Å². The van der Waals surface area contributed by atoms with Gasteiger partial charge in [-0.05, 0) is 39.0 Å². The van der Waals surface area contributed by atoms with E-state index in [2.05, 4.69) is 5.10 Å². The normalized spacial score (nSPS) is 11.6. The van der Waals surface area contributed by atoms with Gasteiger partial charge in [0, 0.05) is 5.39 Å². The van der Waals surface area contributed by atoms with E-state index in [-0.39, 0.29) is 22.3 Å². The van der Waals surface area contributed by atoms with E-state index in [4.69, 9.17) is 9.84 Å². The topological polar surface area (TPSA) is 102 Å². The number of phenols is 1.